The Morgan fingerprint density at radius 2 is 1.31 bits per heavy atom. The third kappa shape index (κ3) is 16.2. The molecule has 3 aliphatic heterocycles. The number of phenolic OH excluding ortho intramolecular Hbond substituents is 1. The molecule has 4 aromatic carbocycles. The molecule has 7 rings (SSSR count). The smallest absolute Gasteiger partial charge is 0.251 e. The average molecular weight is 1220 g/mol. The second-order valence-corrected chi connectivity index (χ2v) is 22.4. The van der Waals surface area contributed by atoms with E-state index in [4.69, 9.17) is 4.74 Å². The number of nitrogens with zero attached hydrogens (tertiary/aromatic N) is 2. The van der Waals surface area contributed by atoms with Gasteiger partial charge in [0.2, 0.25) is 41.3 Å². The van der Waals surface area contributed by atoms with Crippen LogP contribution in [-0.2, 0) is 28.8 Å². The van der Waals surface area contributed by atoms with Gasteiger partial charge in [0.25, 0.3) is 5.91 Å². The Labute approximate surface area is 499 Å². The number of carbonyl (C=O) groups is 7. The van der Waals surface area contributed by atoms with Gasteiger partial charge in [-0.25, -0.2) is 4.39 Å². The Bertz CT molecular complexity index is 3220. The summed E-state index contributed by atoms with van der Waals surface area (Å²) < 4.78 is 35.6. The van der Waals surface area contributed by atoms with Crippen molar-refractivity contribution in [1.82, 2.24) is 36.4 Å². The first-order valence-electron chi connectivity index (χ1n) is 28.8. The molecular weight excluding hydrogens is 1140 g/mol. The van der Waals surface area contributed by atoms with Crippen molar-refractivity contribution in [2.75, 3.05) is 19.7 Å². The Morgan fingerprint density at radius 1 is 0.690 bits per heavy atom. The van der Waals surface area contributed by atoms with Crippen molar-refractivity contribution in [3.63, 3.8) is 0 Å². The number of ether oxygens (including phenoxy) is 1. The molecule has 0 aromatic heterocycles. The molecule has 7 amide bonds. The Morgan fingerprint density at radius 3 is 1.99 bits per heavy atom. The molecule has 0 aliphatic carbocycles. The van der Waals surface area contributed by atoms with Crippen LogP contribution < -0.4 is 31.3 Å². The van der Waals surface area contributed by atoms with Crippen LogP contribution in [0.3, 0.4) is 0 Å². The maximum atomic E-state index is 15.1. The zero-order valence-electron chi connectivity index (χ0n) is 48.3. The molecular formula is C61H75F2N7O17. The number of nitrogens with one attached hydrogen (secondary N) is 5. The highest BCUT2D eigenvalue weighted by atomic mass is 19.2. The minimum atomic E-state index is -2.34. The normalized spacial score (nSPS) is 26.6. The van der Waals surface area contributed by atoms with Gasteiger partial charge >= 0.3 is 0 Å². The lowest BCUT2D eigenvalue weighted by atomic mass is 9.96. The zero-order valence-corrected chi connectivity index (χ0v) is 48.3. The van der Waals surface area contributed by atoms with Gasteiger partial charge in [0, 0.05) is 43.0 Å². The summed E-state index contributed by atoms with van der Waals surface area (Å²) >= 11 is 0. The lowest BCUT2D eigenvalue weighted by molar-refractivity contribution is -0.148. The van der Waals surface area contributed by atoms with Gasteiger partial charge < -0.3 is 87.1 Å². The number of benzene rings is 4. The molecule has 26 heteroatoms. The van der Waals surface area contributed by atoms with Crippen LogP contribution in [0.5, 0.6) is 11.5 Å². The maximum absolute atomic E-state index is 15.1. The van der Waals surface area contributed by atoms with Gasteiger partial charge in [-0.3, -0.25) is 33.6 Å². The fraction of sp³-hybridized carbons (Fsp3) is 0.492. The van der Waals surface area contributed by atoms with E-state index < -0.39 is 170 Å². The van der Waals surface area contributed by atoms with Crippen LogP contribution >= 0.6 is 0 Å². The summed E-state index contributed by atoms with van der Waals surface area (Å²) in [6.45, 7) is 4.91. The number of halogens is 2. The lowest BCUT2D eigenvalue weighted by Gasteiger charge is -2.34. The van der Waals surface area contributed by atoms with E-state index in [-0.39, 0.29) is 34.8 Å². The molecule has 0 spiro atoms. The Kier molecular flexibility index (Phi) is 22.7. The molecule has 4 aromatic rings. The largest absolute Gasteiger partial charge is 0.508 e. The average Bonchev–Trinajstić information content (AvgIpc) is 3.14. The first-order chi connectivity index (χ1) is 41.3. The van der Waals surface area contributed by atoms with Crippen LogP contribution in [0.2, 0.25) is 0 Å². The number of rotatable bonds is 15. The molecule has 3 heterocycles. The van der Waals surface area contributed by atoms with Gasteiger partial charge in [-0.05, 0) is 85.1 Å². The number of aliphatic hydroxyl groups is 8. The van der Waals surface area contributed by atoms with Crippen LogP contribution in [0.25, 0.3) is 10.8 Å². The third-order valence-corrected chi connectivity index (χ3v) is 15.7. The van der Waals surface area contributed by atoms with Crippen molar-refractivity contribution in [2.24, 2.45) is 5.92 Å². The summed E-state index contributed by atoms with van der Waals surface area (Å²) in [6.07, 6.45) is -11.2. The molecule has 15 atom stereocenters. The topological polar surface area (TPSA) is 377 Å². The van der Waals surface area contributed by atoms with E-state index in [1.165, 1.54) is 49.4 Å². The van der Waals surface area contributed by atoms with Crippen molar-refractivity contribution in [2.45, 2.75) is 164 Å². The summed E-state index contributed by atoms with van der Waals surface area (Å²) in [7, 11) is 0. The molecule has 3 aliphatic rings. The number of aliphatic hydroxyl groups excluding tert-OH is 8. The predicted octanol–water partition coefficient (Wildman–Crippen LogP) is -0.260. The van der Waals surface area contributed by atoms with Crippen LogP contribution in [0.15, 0.2) is 72.8 Å². The Hall–Kier alpha value is -7.87. The number of amides is 7. The number of carbonyl (C=O) groups excluding carboxylic acids is 7. The van der Waals surface area contributed by atoms with E-state index in [1.54, 1.807) is 18.2 Å². The molecule has 0 unspecified atom stereocenters. The first-order valence-corrected chi connectivity index (χ1v) is 28.8. The summed E-state index contributed by atoms with van der Waals surface area (Å²) in [6, 6.07) is 4.37. The number of phenols is 1. The van der Waals surface area contributed by atoms with Crippen LogP contribution in [0.4, 0.5) is 8.78 Å². The van der Waals surface area contributed by atoms with Crippen molar-refractivity contribution in [3.8, 4) is 23.3 Å². The van der Waals surface area contributed by atoms with Gasteiger partial charge in [-0.2, -0.15) is 4.39 Å². The molecule has 14 N–H and O–H groups in total. The van der Waals surface area contributed by atoms with Gasteiger partial charge in [0.15, 0.2) is 17.8 Å². The van der Waals surface area contributed by atoms with E-state index in [0.717, 1.165) is 67.9 Å². The highest BCUT2D eigenvalue weighted by Crippen LogP contribution is 2.29. The van der Waals surface area contributed by atoms with Crippen molar-refractivity contribution < 1.29 is 93.0 Å². The van der Waals surface area contributed by atoms with Gasteiger partial charge in [0.1, 0.15) is 60.3 Å². The monoisotopic (exact) mass is 1220 g/mol. The van der Waals surface area contributed by atoms with Crippen LogP contribution in [0, 0.1) is 29.4 Å². The zero-order chi connectivity index (χ0) is 63.6. The molecule has 470 valence electrons. The van der Waals surface area contributed by atoms with E-state index in [1.807, 2.05) is 0 Å². The highest BCUT2D eigenvalue weighted by Gasteiger charge is 2.50. The van der Waals surface area contributed by atoms with Crippen molar-refractivity contribution >= 4 is 52.1 Å². The third-order valence-electron chi connectivity index (χ3n) is 15.7. The quantitative estimate of drug-likeness (QED) is 0.0539. The van der Waals surface area contributed by atoms with Crippen molar-refractivity contribution in [1.29, 1.82) is 0 Å². The SMILES string of the molecule is CCCCCCCCOc1ccc(C#Cc2ccc3cc(C(=O)N[C@H]4C[C@@H](O)[C@@H](O)NC(=O)[C@@H]5[C@@H](O)[C@@H](C)CN5C(=O)[C@H]([C@@H](C)O)NC(=O)[C@H]([C@H](O)[C@@H](O)c5ccc(O)cc5)NC(=O)[C@@H]5C[C@@H](O)CN5C(=O)[C@H]([C@@H](C)O)NC4=O)ccc3c2)c(F)c1F. The minimum Gasteiger partial charge on any atom is -0.508 e. The fourth-order valence-electron chi connectivity index (χ4n) is 10.7. The number of hydrogen-bond acceptors (Lipinski definition) is 17. The number of hydrogen-bond donors (Lipinski definition) is 14. The maximum Gasteiger partial charge on any atom is 0.251 e. The van der Waals surface area contributed by atoms with E-state index in [2.05, 4.69) is 45.3 Å². The van der Waals surface area contributed by atoms with E-state index in [0.29, 0.717) is 22.8 Å². The first kappa shape index (κ1) is 66.7. The van der Waals surface area contributed by atoms with Gasteiger partial charge in [-0.15, -0.1) is 0 Å². The number of fused-ring (bicyclic) bond motifs is 3. The summed E-state index contributed by atoms with van der Waals surface area (Å²) in [4.78, 5) is 102. The summed E-state index contributed by atoms with van der Waals surface area (Å²) in [5.41, 5.74) is -0.0138. The molecule has 0 saturated carbocycles. The minimum absolute atomic E-state index is 0.0872. The standard InChI is InChI=1S/C61H75F2N7O17/c1-5-6-7-8-9-10-23-87-44-22-19-34(45(62)46(44)63)13-11-33-12-14-37-25-38(16-15-36(37)24-33)54(79)64-41-27-43(75)57(82)68-59(84)50-51(76)30(2)28-70(50)61(86)48(32(4)72)66-58(83)49(53(78)52(77)35-17-20-39(73)21-18-35)67-56(81)42-26-40(74)29-69(42)60(85)47(31(3)71)65-55(41)80/h12,14-22,24-25,30-32,40-43,47-53,57,71-78,82H,5-10,23,26-29H2,1-4H3,(H,64,79)(H,65,80)(H,66,83)(H,67,81)(H,68,84)/t30-,31+,32+,40+,41-,42-,43+,47-,48-,49-,50-,51-,52-,53-,57+/m0/s1. The number of aromatic hydroxyl groups is 1. The molecule has 3 fully saturated rings. The van der Waals surface area contributed by atoms with Crippen LogP contribution in [-0.4, -0.2) is 196 Å². The molecule has 0 bridgehead atoms. The molecule has 0 radical (unpaired) electrons. The van der Waals surface area contributed by atoms with Crippen LogP contribution in [0.1, 0.15) is 112 Å². The van der Waals surface area contributed by atoms with Crippen molar-refractivity contribution in [3.05, 3.63) is 107 Å². The summed E-state index contributed by atoms with van der Waals surface area (Å²) in [5, 5.41) is 112. The van der Waals surface area contributed by atoms with Gasteiger partial charge in [-0.1, -0.05) is 82.1 Å². The Balaban J connectivity index is 1.17. The molecule has 24 nitrogen and oxygen atoms in total. The highest BCUT2D eigenvalue weighted by molar-refractivity contribution is 6.02. The van der Waals surface area contributed by atoms with E-state index >= 15 is 4.39 Å². The second kappa shape index (κ2) is 29.7. The van der Waals surface area contributed by atoms with E-state index in [9.17, 15) is 83.9 Å². The van der Waals surface area contributed by atoms with Gasteiger partial charge in [0.05, 0.1) is 36.6 Å². The lowest BCUT2D eigenvalue weighted by Crippen LogP contribution is -2.64. The molecule has 3 saturated heterocycles. The fourth-order valence-corrected chi connectivity index (χ4v) is 10.7. The second-order valence-electron chi connectivity index (χ2n) is 22.4. The summed E-state index contributed by atoms with van der Waals surface area (Å²) in [5.74, 6) is -6.91. The predicted molar refractivity (Wildman–Crippen MR) is 306 cm³/mol. The number of unbranched alkanes of at least 4 members (excludes halogenated alkanes) is 5. The molecule has 87 heavy (non-hydrogen) atoms.